The highest BCUT2D eigenvalue weighted by Crippen LogP contribution is 2.33. The third kappa shape index (κ3) is 4.75. The number of nitrogens with one attached hydrogen (secondary N) is 1. The maximum atomic E-state index is 11.6. The van der Waals surface area contributed by atoms with E-state index in [9.17, 15) is 14.9 Å². The van der Waals surface area contributed by atoms with Gasteiger partial charge < -0.3 is 4.74 Å². The van der Waals surface area contributed by atoms with Crippen molar-refractivity contribution in [3.8, 4) is 0 Å². The van der Waals surface area contributed by atoms with Crippen molar-refractivity contribution in [2.75, 3.05) is 5.32 Å². The summed E-state index contributed by atoms with van der Waals surface area (Å²) in [7, 11) is 0. The fourth-order valence-corrected chi connectivity index (χ4v) is 2.35. The summed E-state index contributed by atoms with van der Waals surface area (Å²) in [5.74, 6) is 0. The Kier molecular flexibility index (Phi) is 4.86. The van der Waals surface area contributed by atoms with Gasteiger partial charge in [-0.1, -0.05) is 0 Å². The molecule has 0 aliphatic heterocycles. The van der Waals surface area contributed by atoms with Crippen LogP contribution in [0.5, 0.6) is 0 Å². The summed E-state index contributed by atoms with van der Waals surface area (Å²) in [5.41, 5.74) is -1.04. The number of nitro groups is 1. The monoisotopic (exact) mass is 395 g/mol. The van der Waals surface area contributed by atoms with Gasteiger partial charge in [0.1, 0.15) is 15.9 Å². The largest absolute Gasteiger partial charge is 0.444 e. The predicted molar refractivity (Wildman–Crippen MR) is 76.1 cm³/mol. The predicted octanol–water partition coefficient (Wildman–Crippen LogP) is 3.86. The van der Waals surface area contributed by atoms with Gasteiger partial charge in [-0.2, -0.15) is 0 Å². The van der Waals surface area contributed by atoms with Crippen molar-refractivity contribution in [3.05, 3.63) is 25.4 Å². The van der Waals surface area contributed by atoms with Crippen LogP contribution in [0, 0.1) is 10.1 Å². The molecule has 0 bridgehead atoms. The lowest BCUT2D eigenvalue weighted by molar-refractivity contribution is -0.385. The fourth-order valence-electron chi connectivity index (χ4n) is 1.16. The standard InChI is InChI=1S/C10H11Br2N3O4/c1-10(2,3)19-9(16)13-5-4-6(11)14-8(12)7(5)15(17)18/h4H,1-3H3,(H,13,14,16). The molecule has 0 aromatic carbocycles. The Labute approximate surface area is 126 Å². The van der Waals surface area contributed by atoms with Crippen LogP contribution in [-0.4, -0.2) is 21.6 Å². The van der Waals surface area contributed by atoms with Gasteiger partial charge in [0.25, 0.3) is 0 Å². The molecular weight excluding hydrogens is 386 g/mol. The molecule has 1 aromatic rings. The van der Waals surface area contributed by atoms with Crippen LogP contribution in [0.1, 0.15) is 20.8 Å². The Hall–Kier alpha value is -1.22. The third-order valence-electron chi connectivity index (χ3n) is 1.74. The molecule has 1 N–H and O–H groups in total. The summed E-state index contributed by atoms with van der Waals surface area (Å²) < 4.78 is 5.39. The SMILES string of the molecule is CC(C)(C)OC(=O)Nc1cc(Br)nc(Br)c1[N+](=O)[O-]. The van der Waals surface area contributed by atoms with Crippen molar-refractivity contribution >= 4 is 49.3 Å². The topological polar surface area (TPSA) is 94.4 Å². The van der Waals surface area contributed by atoms with Gasteiger partial charge in [-0.15, -0.1) is 0 Å². The lowest BCUT2D eigenvalue weighted by Gasteiger charge is -2.19. The highest BCUT2D eigenvalue weighted by atomic mass is 79.9. The van der Waals surface area contributed by atoms with Crippen molar-refractivity contribution in [3.63, 3.8) is 0 Å². The van der Waals surface area contributed by atoms with E-state index in [0.717, 1.165) is 0 Å². The number of carbonyl (C=O) groups excluding carboxylic acids is 1. The van der Waals surface area contributed by atoms with E-state index in [0.29, 0.717) is 4.60 Å². The zero-order chi connectivity index (χ0) is 14.8. The summed E-state index contributed by atoms with van der Waals surface area (Å²) in [5, 5.41) is 13.3. The Morgan fingerprint density at radius 2 is 2.05 bits per heavy atom. The maximum Gasteiger partial charge on any atom is 0.412 e. The highest BCUT2D eigenvalue weighted by Gasteiger charge is 2.24. The number of hydrogen-bond donors (Lipinski definition) is 1. The first-order chi connectivity index (χ1) is 8.60. The van der Waals surface area contributed by atoms with Gasteiger partial charge in [0.15, 0.2) is 4.60 Å². The molecule has 1 rings (SSSR count). The van der Waals surface area contributed by atoms with Crippen LogP contribution < -0.4 is 5.32 Å². The smallest absolute Gasteiger partial charge is 0.412 e. The maximum absolute atomic E-state index is 11.6. The molecule has 19 heavy (non-hydrogen) atoms. The van der Waals surface area contributed by atoms with E-state index >= 15 is 0 Å². The van der Waals surface area contributed by atoms with Crippen LogP contribution in [0.3, 0.4) is 0 Å². The number of aromatic nitrogens is 1. The summed E-state index contributed by atoms with van der Waals surface area (Å²) in [6.45, 7) is 5.08. The molecular formula is C10H11Br2N3O4. The van der Waals surface area contributed by atoms with E-state index < -0.39 is 16.6 Å². The lowest BCUT2D eigenvalue weighted by atomic mass is 10.2. The van der Waals surface area contributed by atoms with Gasteiger partial charge in [-0.3, -0.25) is 15.4 Å². The van der Waals surface area contributed by atoms with E-state index in [-0.39, 0.29) is 16.0 Å². The molecule has 0 aliphatic carbocycles. The van der Waals surface area contributed by atoms with Crippen molar-refractivity contribution < 1.29 is 14.5 Å². The molecule has 9 heteroatoms. The van der Waals surface area contributed by atoms with Crippen LogP contribution >= 0.6 is 31.9 Å². The average Bonchev–Trinajstić information content (AvgIpc) is 2.10. The number of rotatable bonds is 2. The van der Waals surface area contributed by atoms with Crippen LogP contribution in [0.25, 0.3) is 0 Å². The van der Waals surface area contributed by atoms with Crippen molar-refractivity contribution in [1.82, 2.24) is 4.98 Å². The Balaban J connectivity index is 3.07. The molecule has 0 fully saturated rings. The molecule has 0 radical (unpaired) electrons. The van der Waals surface area contributed by atoms with Crippen LogP contribution in [0.2, 0.25) is 0 Å². The van der Waals surface area contributed by atoms with E-state index in [1.54, 1.807) is 20.8 Å². The number of halogens is 2. The molecule has 104 valence electrons. The van der Waals surface area contributed by atoms with Gasteiger partial charge in [0.05, 0.1) is 4.92 Å². The number of pyridine rings is 1. The molecule has 1 aromatic heterocycles. The normalized spacial score (nSPS) is 11.0. The van der Waals surface area contributed by atoms with E-state index in [2.05, 4.69) is 42.2 Å². The molecule has 1 amide bonds. The zero-order valence-corrected chi connectivity index (χ0v) is 13.5. The molecule has 0 atom stereocenters. The van der Waals surface area contributed by atoms with E-state index in [1.807, 2.05) is 0 Å². The summed E-state index contributed by atoms with van der Waals surface area (Å²) in [4.78, 5) is 25.8. The van der Waals surface area contributed by atoms with Gasteiger partial charge >= 0.3 is 11.8 Å². The lowest BCUT2D eigenvalue weighted by Crippen LogP contribution is -2.27. The molecule has 0 saturated heterocycles. The molecule has 0 spiro atoms. The van der Waals surface area contributed by atoms with E-state index in [4.69, 9.17) is 4.74 Å². The van der Waals surface area contributed by atoms with Crippen LogP contribution in [0.15, 0.2) is 15.3 Å². The fraction of sp³-hybridized carbons (Fsp3) is 0.400. The van der Waals surface area contributed by atoms with Gasteiger partial charge in [-0.05, 0) is 52.6 Å². The Morgan fingerprint density at radius 3 is 2.53 bits per heavy atom. The molecule has 0 aliphatic rings. The second-order valence-corrected chi connectivity index (χ2v) is 6.08. The van der Waals surface area contributed by atoms with Crippen molar-refractivity contribution in [1.29, 1.82) is 0 Å². The van der Waals surface area contributed by atoms with Gasteiger partial charge in [0, 0.05) is 6.07 Å². The van der Waals surface area contributed by atoms with Gasteiger partial charge in [-0.25, -0.2) is 9.78 Å². The van der Waals surface area contributed by atoms with Crippen molar-refractivity contribution in [2.24, 2.45) is 0 Å². The molecule has 0 saturated carbocycles. The number of amides is 1. The highest BCUT2D eigenvalue weighted by molar-refractivity contribution is 9.11. The number of hydrogen-bond acceptors (Lipinski definition) is 5. The zero-order valence-electron chi connectivity index (χ0n) is 10.4. The van der Waals surface area contributed by atoms with Gasteiger partial charge in [0.2, 0.25) is 0 Å². The number of nitrogens with zero attached hydrogens (tertiary/aromatic N) is 2. The second kappa shape index (κ2) is 5.83. The minimum Gasteiger partial charge on any atom is -0.444 e. The Morgan fingerprint density at radius 1 is 1.47 bits per heavy atom. The average molecular weight is 397 g/mol. The van der Waals surface area contributed by atoms with Crippen molar-refractivity contribution in [2.45, 2.75) is 26.4 Å². The number of carbonyl (C=O) groups is 1. The first-order valence-electron chi connectivity index (χ1n) is 5.10. The minimum absolute atomic E-state index is 0.00648. The minimum atomic E-state index is -0.777. The molecule has 0 unspecified atom stereocenters. The summed E-state index contributed by atoms with van der Waals surface area (Å²) >= 11 is 6.07. The third-order valence-corrected chi connectivity index (χ3v) is 2.70. The quantitative estimate of drug-likeness (QED) is 0.465. The van der Waals surface area contributed by atoms with Crippen LogP contribution in [0.4, 0.5) is 16.2 Å². The first-order valence-corrected chi connectivity index (χ1v) is 6.69. The molecule has 7 nitrogen and oxygen atoms in total. The number of anilines is 1. The summed E-state index contributed by atoms with van der Waals surface area (Å²) in [6.07, 6.45) is -0.777. The number of ether oxygens (including phenoxy) is 1. The first kappa shape index (κ1) is 15.8. The summed E-state index contributed by atoms with van der Waals surface area (Å²) in [6, 6.07) is 1.33. The Bertz CT molecular complexity index is 528. The van der Waals surface area contributed by atoms with E-state index in [1.165, 1.54) is 6.07 Å². The molecule has 1 heterocycles. The second-order valence-electron chi connectivity index (χ2n) is 4.52. The van der Waals surface area contributed by atoms with Crippen LogP contribution in [-0.2, 0) is 4.74 Å².